The largest absolute Gasteiger partial charge is 0.442 e. The Labute approximate surface area is 176 Å². The van der Waals surface area contributed by atoms with E-state index in [9.17, 15) is 18.8 Å². The topological polar surface area (TPSA) is 84.7 Å². The van der Waals surface area contributed by atoms with E-state index in [-0.39, 0.29) is 13.1 Å². The highest BCUT2D eigenvalue weighted by molar-refractivity contribution is 6.21. The van der Waals surface area contributed by atoms with Crippen LogP contribution in [-0.2, 0) is 4.74 Å². The van der Waals surface area contributed by atoms with Crippen molar-refractivity contribution >= 4 is 23.6 Å². The monoisotopic (exact) mass is 420 g/mol. The molecule has 8 nitrogen and oxygen atoms in total. The van der Waals surface area contributed by atoms with Gasteiger partial charge in [0, 0.05) is 6.20 Å². The molecule has 1 atom stereocenters. The first-order valence-corrected chi connectivity index (χ1v) is 9.66. The standard InChI is InChI=1S/C22H17FN4O4/c1-13-9-25(12-24-13)19-7-6-14(8-18(19)23)26-10-15(31-22(26)30)11-27-20(28)16-4-2-3-5-17(16)21(27)29/h2-9,12,15H,10-11H2,1H3/t15-/m1/s1. The van der Waals surface area contributed by atoms with Crippen LogP contribution in [0.15, 0.2) is 55.0 Å². The summed E-state index contributed by atoms with van der Waals surface area (Å²) in [6.45, 7) is 1.83. The molecule has 2 aliphatic heterocycles. The molecule has 1 fully saturated rings. The van der Waals surface area contributed by atoms with Crippen molar-refractivity contribution in [3.63, 3.8) is 0 Å². The van der Waals surface area contributed by atoms with E-state index in [2.05, 4.69) is 4.98 Å². The second-order valence-electron chi connectivity index (χ2n) is 7.44. The molecule has 1 aromatic heterocycles. The summed E-state index contributed by atoms with van der Waals surface area (Å²) in [7, 11) is 0. The van der Waals surface area contributed by atoms with E-state index < -0.39 is 29.8 Å². The first-order valence-electron chi connectivity index (χ1n) is 9.66. The molecule has 1 saturated heterocycles. The molecule has 3 heterocycles. The van der Waals surface area contributed by atoms with Crippen molar-refractivity contribution in [1.82, 2.24) is 14.5 Å². The number of anilines is 1. The lowest BCUT2D eigenvalue weighted by atomic mass is 10.1. The van der Waals surface area contributed by atoms with Crippen LogP contribution >= 0.6 is 0 Å². The van der Waals surface area contributed by atoms with E-state index in [0.29, 0.717) is 22.5 Å². The summed E-state index contributed by atoms with van der Waals surface area (Å²) in [4.78, 5) is 43.9. The van der Waals surface area contributed by atoms with Crippen LogP contribution in [0.5, 0.6) is 0 Å². The fourth-order valence-electron chi connectivity index (χ4n) is 3.86. The molecule has 5 rings (SSSR count). The Balaban J connectivity index is 1.32. The summed E-state index contributed by atoms with van der Waals surface area (Å²) < 4.78 is 21.6. The Bertz CT molecular complexity index is 1200. The maximum absolute atomic E-state index is 14.7. The quantitative estimate of drug-likeness (QED) is 0.606. The number of halogens is 1. The van der Waals surface area contributed by atoms with Gasteiger partial charge in [0.2, 0.25) is 0 Å². The highest BCUT2D eigenvalue weighted by Gasteiger charge is 2.40. The molecule has 0 aliphatic carbocycles. The third kappa shape index (κ3) is 3.14. The first kappa shape index (κ1) is 19.0. The van der Waals surface area contributed by atoms with Crippen molar-refractivity contribution in [1.29, 1.82) is 0 Å². The molecule has 156 valence electrons. The second kappa shape index (κ2) is 7.05. The van der Waals surface area contributed by atoms with Gasteiger partial charge in [-0.15, -0.1) is 0 Å². The normalized spacial score (nSPS) is 18.0. The van der Waals surface area contributed by atoms with Gasteiger partial charge < -0.3 is 9.30 Å². The highest BCUT2D eigenvalue weighted by atomic mass is 19.1. The zero-order chi connectivity index (χ0) is 21.7. The third-order valence-electron chi connectivity index (χ3n) is 5.37. The minimum absolute atomic E-state index is 0.0660. The molecular formula is C22H17FN4O4. The molecule has 2 aliphatic rings. The van der Waals surface area contributed by atoms with Crippen molar-refractivity contribution in [2.24, 2.45) is 0 Å². The van der Waals surface area contributed by atoms with Crippen molar-refractivity contribution in [2.45, 2.75) is 13.0 Å². The van der Waals surface area contributed by atoms with Gasteiger partial charge in [-0.1, -0.05) is 12.1 Å². The Morgan fingerprint density at radius 3 is 2.42 bits per heavy atom. The number of benzene rings is 2. The lowest BCUT2D eigenvalue weighted by molar-refractivity contribution is 0.0558. The van der Waals surface area contributed by atoms with Gasteiger partial charge in [-0.3, -0.25) is 19.4 Å². The van der Waals surface area contributed by atoms with Crippen LogP contribution < -0.4 is 4.90 Å². The number of cyclic esters (lactones) is 1. The number of nitrogens with zero attached hydrogens (tertiary/aromatic N) is 4. The first-order chi connectivity index (χ1) is 14.9. The van der Waals surface area contributed by atoms with E-state index in [0.717, 1.165) is 10.6 Å². The van der Waals surface area contributed by atoms with E-state index in [1.807, 2.05) is 0 Å². The van der Waals surface area contributed by atoms with Crippen molar-refractivity contribution < 1.29 is 23.5 Å². The van der Waals surface area contributed by atoms with Gasteiger partial charge >= 0.3 is 6.09 Å². The number of carbonyl (C=O) groups excluding carboxylic acids is 3. The summed E-state index contributed by atoms with van der Waals surface area (Å²) in [6.07, 6.45) is 1.83. The van der Waals surface area contributed by atoms with Gasteiger partial charge in [-0.25, -0.2) is 14.2 Å². The Kier molecular flexibility index (Phi) is 4.32. The van der Waals surface area contributed by atoms with E-state index in [1.165, 1.54) is 17.3 Å². The van der Waals surface area contributed by atoms with Gasteiger partial charge in [0.15, 0.2) is 0 Å². The Morgan fingerprint density at radius 1 is 1.10 bits per heavy atom. The minimum Gasteiger partial charge on any atom is -0.442 e. The van der Waals surface area contributed by atoms with Gasteiger partial charge in [0.05, 0.1) is 47.6 Å². The number of imidazole rings is 1. The number of carbonyl (C=O) groups is 3. The predicted molar refractivity (Wildman–Crippen MR) is 108 cm³/mol. The van der Waals surface area contributed by atoms with E-state index in [1.54, 1.807) is 54.1 Å². The fourth-order valence-corrected chi connectivity index (χ4v) is 3.86. The number of ether oxygens (including phenoxy) is 1. The van der Waals surface area contributed by atoms with Gasteiger partial charge in [-0.05, 0) is 37.3 Å². The van der Waals surface area contributed by atoms with E-state index >= 15 is 0 Å². The Hall–Kier alpha value is -4.01. The molecule has 31 heavy (non-hydrogen) atoms. The number of rotatable bonds is 4. The smallest absolute Gasteiger partial charge is 0.414 e. The maximum atomic E-state index is 14.7. The molecule has 0 radical (unpaired) electrons. The summed E-state index contributed by atoms with van der Waals surface area (Å²) in [6, 6.07) is 11.0. The molecule has 9 heteroatoms. The van der Waals surface area contributed by atoms with Crippen LogP contribution in [-0.4, -0.2) is 51.6 Å². The molecular weight excluding hydrogens is 403 g/mol. The van der Waals surface area contributed by atoms with Crippen LogP contribution in [0.3, 0.4) is 0 Å². The Morgan fingerprint density at radius 2 is 1.81 bits per heavy atom. The van der Waals surface area contributed by atoms with Crippen LogP contribution in [0, 0.1) is 12.7 Å². The van der Waals surface area contributed by atoms with Crippen molar-refractivity contribution in [3.8, 4) is 5.69 Å². The van der Waals surface area contributed by atoms with Gasteiger partial charge in [0.1, 0.15) is 11.9 Å². The van der Waals surface area contributed by atoms with E-state index in [4.69, 9.17) is 4.74 Å². The average Bonchev–Trinajstić information content (AvgIpc) is 3.41. The zero-order valence-corrected chi connectivity index (χ0v) is 16.5. The number of aromatic nitrogens is 2. The molecule has 3 aromatic rings. The molecule has 0 spiro atoms. The summed E-state index contributed by atoms with van der Waals surface area (Å²) >= 11 is 0. The molecule has 0 unspecified atom stereocenters. The number of amides is 3. The second-order valence-corrected chi connectivity index (χ2v) is 7.44. The average molecular weight is 420 g/mol. The molecule has 0 bridgehead atoms. The van der Waals surface area contributed by atoms with Crippen LogP contribution in [0.25, 0.3) is 5.69 Å². The molecule has 2 aromatic carbocycles. The SMILES string of the molecule is Cc1cn(-c2ccc(N3C[C@H](CN4C(=O)c5ccccc5C4=O)OC3=O)cc2F)cn1. The lowest BCUT2D eigenvalue weighted by Gasteiger charge is -2.18. The number of hydrogen-bond acceptors (Lipinski definition) is 5. The highest BCUT2D eigenvalue weighted by Crippen LogP contribution is 2.28. The van der Waals surface area contributed by atoms with Crippen LogP contribution in [0.4, 0.5) is 14.9 Å². The zero-order valence-electron chi connectivity index (χ0n) is 16.5. The lowest BCUT2D eigenvalue weighted by Crippen LogP contribution is -2.38. The third-order valence-corrected chi connectivity index (χ3v) is 5.37. The maximum Gasteiger partial charge on any atom is 0.414 e. The summed E-state index contributed by atoms with van der Waals surface area (Å²) in [5, 5.41) is 0. The molecule has 0 N–H and O–H groups in total. The number of aryl methyl sites for hydroxylation is 1. The molecule has 3 amide bonds. The van der Waals surface area contributed by atoms with Crippen molar-refractivity contribution in [3.05, 3.63) is 77.6 Å². The summed E-state index contributed by atoms with van der Waals surface area (Å²) in [5.41, 5.74) is 2.05. The minimum atomic E-state index is -0.714. The van der Waals surface area contributed by atoms with Crippen LogP contribution in [0.1, 0.15) is 26.4 Å². The van der Waals surface area contributed by atoms with Crippen LogP contribution in [0.2, 0.25) is 0 Å². The van der Waals surface area contributed by atoms with Gasteiger partial charge in [0.25, 0.3) is 11.8 Å². The predicted octanol–water partition coefficient (Wildman–Crippen LogP) is 2.94. The van der Waals surface area contributed by atoms with Gasteiger partial charge in [-0.2, -0.15) is 0 Å². The number of fused-ring (bicyclic) bond motifs is 1. The fraction of sp³-hybridized carbons (Fsp3) is 0.182. The number of imide groups is 1. The number of hydrogen-bond donors (Lipinski definition) is 0. The molecule has 0 saturated carbocycles. The van der Waals surface area contributed by atoms with Crippen molar-refractivity contribution in [2.75, 3.05) is 18.0 Å². The summed E-state index contributed by atoms with van der Waals surface area (Å²) in [5.74, 6) is -1.35.